The number of nitrogens with zero attached hydrogens (tertiary/aromatic N) is 1. The van der Waals surface area contributed by atoms with Crippen molar-refractivity contribution >= 4 is 5.96 Å². The second-order valence-corrected chi connectivity index (χ2v) is 5.29. The van der Waals surface area contributed by atoms with Crippen LogP contribution in [0.3, 0.4) is 0 Å². The molecule has 0 saturated carbocycles. The van der Waals surface area contributed by atoms with Gasteiger partial charge in [-0.1, -0.05) is 24.3 Å². The molecular formula is C16H24F3N3. The molecule has 124 valence electrons. The summed E-state index contributed by atoms with van der Waals surface area (Å²) in [6, 6.07) is 8.12. The lowest BCUT2D eigenvalue weighted by Crippen LogP contribution is -2.39. The van der Waals surface area contributed by atoms with Crippen LogP contribution in [0.15, 0.2) is 29.3 Å². The number of alkyl halides is 3. The van der Waals surface area contributed by atoms with E-state index in [4.69, 9.17) is 0 Å². The third-order valence-electron chi connectivity index (χ3n) is 3.41. The molecule has 1 aromatic carbocycles. The van der Waals surface area contributed by atoms with Gasteiger partial charge in [-0.3, -0.25) is 4.99 Å². The van der Waals surface area contributed by atoms with Gasteiger partial charge in [-0.2, -0.15) is 13.2 Å². The normalized spacial score (nSPS) is 13.8. The first-order chi connectivity index (χ1) is 10.3. The van der Waals surface area contributed by atoms with Gasteiger partial charge in [0.1, 0.15) is 0 Å². The van der Waals surface area contributed by atoms with Gasteiger partial charge in [-0.15, -0.1) is 0 Å². The molecule has 0 radical (unpaired) electrons. The monoisotopic (exact) mass is 315 g/mol. The van der Waals surface area contributed by atoms with E-state index in [1.165, 1.54) is 11.1 Å². The average Bonchev–Trinajstić information content (AvgIpc) is 2.44. The Morgan fingerprint density at radius 1 is 1.23 bits per heavy atom. The summed E-state index contributed by atoms with van der Waals surface area (Å²) in [5.41, 5.74) is 2.35. The Hall–Kier alpha value is -1.72. The zero-order valence-corrected chi connectivity index (χ0v) is 13.3. The number of hydrogen-bond acceptors (Lipinski definition) is 1. The molecule has 0 aliphatic carbocycles. The lowest BCUT2D eigenvalue weighted by atomic mass is 10.0. The zero-order valence-electron chi connectivity index (χ0n) is 13.3. The molecule has 0 heterocycles. The van der Waals surface area contributed by atoms with E-state index in [1.54, 1.807) is 7.05 Å². The van der Waals surface area contributed by atoms with Crippen LogP contribution < -0.4 is 10.6 Å². The molecule has 1 unspecified atom stereocenters. The van der Waals surface area contributed by atoms with Crippen LogP contribution in [-0.2, 0) is 0 Å². The number of guanidine groups is 1. The van der Waals surface area contributed by atoms with Gasteiger partial charge in [-0.25, -0.2) is 0 Å². The van der Waals surface area contributed by atoms with Crippen LogP contribution in [-0.4, -0.2) is 25.7 Å². The van der Waals surface area contributed by atoms with Crippen molar-refractivity contribution in [2.24, 2.45) is 4.99 Å². The molecule has 0 bridgehead atoms. The maximum Gasteiger partial charge on any atom is 0.389 e. The van der Waals surface area contributed by atoms with Crippen LogP contribution in [0.1, 0.15) is 43.4 Å². The largest absolute Gasteiger partial charge is 0.389 e. The fourth-order valence-corrected chi connectivity index (χ4v) is 2.21. The van der Waals surface area contributed by atoms with Crippen LogP contribution in [0.4, 0.5) is 13.2 Å². The molecule has 0 aliphatic rings. The maximum absolute atomic E-state index is 12.0. The number of nitrogens with one attached hydrogen (secondary N) is 2. The zero-order chi connectivity index (χ0) is 16.6. The summed E-state index contributed by atoms with van der Waals surface area (Å²) in [4.78, 5) is 4.10. The number of halogens is 3. The maximum atomic E-state index is 12.0. The Balaban J connectivity index is 2.38. The molecule has 0 aliphatic heterocycles. The molecule has 6 heteroatoms. The van der Waals surface area contributed by atoms with Gasteiger partial charge in [0.05, 0.1) is 6.04 Å². The predicted octanol–water partition coefficient (Wildman–Crippen LogP) is 3.95. The third kappa shape index (κ3) is 6.83. The van der Waals surface area contributed by atoms with Gasteiger partial charge in [-0.05, 0) is 37.8 Å². The first-order valence-corrected chi connectivity index (χ1v) is 7.43. The van der Waals surface area contributed by atoms with Gasteiger partial charge in [0.15, 0.2) is 5.96 Å². The average molecular weight is 315 g/mol. The smallest absolute Gasteiger partial charge is 0.356 e. The van der Waals surface area contributed by atoms with E-state index in [0.29, 0.717) is 18.9 Å². The molecule has 3 nitrogen and oxygen atoms in total. The first kappa shape index (κ1) is 18.3. The molecule has 1 atom stereocenters. The third-order valence-corrected chi connectivity index (χ3v) is 3.41. The molecule has 0 fully saturated rings. The highest BCUT2D eigenvalue weighted by Crippen LogP contribution is 2.21. The van der Waals surface area contributed by atoms with Gasteiger partial charge in [0, 0.05) is 20.0 Å². The highest BCUT2D eigenvalue weighted by atomic mass is 19.4. The Morgan fingerprint density at radius 3 is 2.50 bits per heavy atom. The Kier molecular flexibility index (Phi) is 7.21. The van der Waals surface area contributed by atoms with E-state index >= 15 is 0 Å². The van der Waals surface area contributed by atoms with Gasteiger partial charge in [0.2, 0.25) is 0 Å². The van der Waals surface area contributed by atoms with Crippen molar-refractivity contribution in [1.82, 2.24) is 10.6 Å². The second-order valence-electron chi connectivity index (χ2n) is 5.29. The van der Waals surface area contributed by atoms with Gasteiger partial charge < -0.3 is 10.6 Å². The van der Waals surface area contributed by atoms with Crippen LogP contribution in [0.2, 0.25) is 0 Å². The number of unbranched alkanes of at least 4 members (excludes halogenated alkanes) is 1. The molecule has 0 spiro atoms. The summed E-state index contributed by atoms with van der Waals surface area (Å²) in [6.45, 7) is 4.54. The Morgan fingerprint density at radius 2 is 1.91 bits per heavy atom. The fraction of sp³-hybridized carbons (Fsp3) is 0.562. The molecular weight excluding hydrogens is 291 g/mol. The predicted molar refractivity (Wildman–Crippen MR) is 84.0 cm³/mol. The molecule has 0 aromatic heterocycles. The summed E-state index contributed by atoms with van der Waals surface area (Å²) in [6.07, 6.45) is -4.22. The summed E-state index contributed by atoms with van der Waals surface area (Å²) in [5.74, 6) is 0.600. The Labute approximate surface area is 130 Å². The van der Waals surface area contributed by atoms with Crippen LogP contribution in [0, 0.1) is 6.92 Å². The molecule has 2 N–H and O–H groups in total. The van der Waals surface area contributed by atoms with Crippen LogP contribution in [0.5, 0.6) is 0 Å². The minimum absolute atomic E-state index is 0.0718. The second kappa shape index (κ2) is 8.66. The van der Waals surface area contributed by atoms with E-state index in [-0.39, 0.29) is 12.5 Å². The van der Waals surface area contributed by atoms with Crippen molar-refractivity contribution in [2.45, 2.75) is 45.3 Å². The summed E-state index contributed by atoms with van der Waals surface area (Å²) in [5, 5.41) is 6.29. The fourth-order valence-electron chi connectivity index (χ4n) is 2.21. The number of aliphatic imine (C=N–C) groups is 1. The van der Waals surface area contributed by atoms with Crippen molar-refractivity contribution in [3.63, 3.8) is 0 Å². The number of aryl methyl sites for hydroxylation is 1. The molecule has 0 amide bonds. The number of rotatable bonds is 6. The molecule has 0 saturated heterocycles. The Bertz CT molecular complexity index is 484. The van der Waals surface area contributed by atoms with E-state index < -0.39 is 12.6 Å². The first-order valence-electron chi connectivity index (χ1n) is 7.43. The van der Waals surface area contributed by atoms with E-state index in [9.17, 15) is 13.2 Å². The summed E-state index contributed by atoms with van der Waals surface area (Å²) < 4.78 is 36.1. The van der Waals surface area contributed by atoms with Gasteiger partial charge in [0.25, 0.3) is 0 Å². The lowest BCUT2D eigenvalue weighted by Gasteiger charge is -2.19. The van der Waals surface area contributed by atoms with Gasteiger partial charge >= 0.3 is 6.18 Å². The van der Waals surface area contributed by atoms with Crippen LogP contribution >= 0.6 is 0 Å². The SMILES string of the molecule is CN=C(NCCCCC(F)(F)F)NC(C)c1ccccc1C. The molecule has 1 aromatic rings. The summed E-state index contributed by atoms with van der Waals surface area (Å²) in [7, 11) is 1.65. The van der Waals surface area contributed by atoms with E-state index in [2.05, 4.69) is 15.6 Å². The van der Waals surface area contributed by atoms with E-state index in [0.717, 1.165) is 0 Å². The van der Waals surface area contributed by atoms with Crippen molar-refractivity contribution in [1.29, 1.82) is 0 Å². The lowest BCUT2D eigenvalue weighted by molar-refractivity contribution is -0.135. The van der Waals surface area contributed by atoms with Crippen LogP contribution in [0.25, 0.3) is 0 Å². The van der Waals surface area contributed by atoms with Crippen molar-refractivity contribution in [3.05, 3.63) is 35.4 Å². The topological polar surface area (TPSA) is 36.4 Å². The molecule has 1 rings (SSSR count). The van der Waals surface area contributed by atoms with E-state index in [1.807, 2.05) is 38.1 Å². The highest BCUT2D eigenvalue weighted by Gasteiger charge is 2.25. The summed E-state index contributed by atoms with van der Waals surface area (Å²) >= 11 is 0. The van der Waals surface area contributed by atoms with Crippen molar-refractivity contribution in [3.8, 4) is 0 Å². The van der Waals surface area contributed by atoms with Crippen molar-refractivity contribution in [2.75, 3.05) is 13.6 Å². The number of benzene rings is 1. The standard InChI is InChI=1S/C16H24F3N3/c1-12-8-4-5-9-14(12)13(2)22-15(20-3)21-11-7-6-10-16(17,18)19/h4-5,8-9,13H,6-7,10-11H2,1-3H3,(H2,20,21,22). The minimum atomic E-state index is -4.07. The number of hydrogen-bond donors (Lipinski definition) is 2. The quantitative estimate of drug-likeness (QED) is 0.474. The minimum Gasteiger partial charge on any atom is -0.356 e. The molecule has 22 heavy (non-hydrogen) atoms. The highest BCUT2D eigenvalue weighted by molar-refractivity contribution is 5.80. The van der Waals surface area contributed by atoms with Crippen molar-refractivity contribution < 1.29 is 13.2 Å².